The fourth-order valence-corrected chi connectivity index (χ4v) is 3.39. The van der Waals surface area contributed by atoms with E-state index >= 15 is 0 Å². The number of phenols is 2. The number of phenolic OH excluding ortho intramolecular Hbond substituents is 2. The Morgan fingerprint density at radius 3 is 2.46 bits per heavy atom. The number of carbonyl (C=O) groups is 1. The largest absolute Gasteiger partial charge is 0.507 e. The number of hydrogen-bond donors (Lipinski definition) is 2. The minimum Gasteiger partial charge on any atom is -0.507 e. The molecule has 0 aromatic heterocycles. The van der Waals surface area contributed by atoms with Crippen molar-refractivity contribution in [2.24, 2.45) is 0 Å². The van der Waals surface area contributed by atoms with Crippen LogP contribution in [0.5, 0.6) is 11.5 Å². The van der Waals surface area contributed by atoms with Gasteiger partial charge in [-0.1, -0.05) is 49.4 Å². The minimum atomic E-state index is -0.340. The van der Waals surface area contributed by atoms with Gasteiger partial charge in [0.2, 0.25) is 0 Å². The summed E-state index contributed by atoms with van der Waals surface area (Å²) in [5.41, 5.74) is 3.14. The molecule has 1 aromatic rings. The Kier molecular flexibility index (Phi) is 6.11. The molecule has 2 rings (SSSR count). The highest BCUT2D eigenvalue weighted by atomic mass is 35.5. The zero-order valence-corrected chi connectivity index (χ0v) is 15.3. The summed E-state index contributed by atoms with van der Waals surface area (Å²) in [6, 6.07) is 1.56. The van der Waals surface area contributed by atoms with Gasteiger partial charge in [0.1, 0.15) is 17.1 Å². The lowest BCUT2D eigenvalue weighted by Gasteiger charge is -2.14. The number of aromatic hydroxyl groups is 2. The molecule has 0 heterocycles. The quantitative estimate of drug-likeness (QED) is 0.489. The molecule has 24 heavy (non-hydrogen) atoms. The number of rotatable bonds is 7. The highest BCUT2D eigenvalue weighted by Crippen LogP contribution is 2.41. The van der Waals surface area contributed by atoms with Gasteiger partial charge in [-0.25, -0.2) is 0 Å². The first kappa shape index (κ1) is 18.6. The Morgan fingerprint density at radius 1 is 1.17 bits per heavy atom. The number of halogens is 1. The van der Waals surface area contributed by atoms with Crippen LogP contribution >= 0.6 is 11.6 Å². The van der Waals surface area contributed by atoms with E-state index in [1.54, 1.807) is 6.07 Å². The molecule has 1 aromatic carbocycles. The Morgan fingerprint density at radius 2 is 1.88 bits per heavy atom. The van der Waals surface area contributed by atoms with Crippen LogP contribution in [-0.2, 0) is 6.42 Å². The summed E-state index contributed by atoms with van der Waals surface area (Å²) in [6.45, 7) is 5.97. The molecule has 0 bridgehead atoms. The molecule has 1 aliphatic carbocycles. The minimum absolute atomic E-state index is 0.0644. The third-order valence-electron chi connectivity index (χ3n) is 4.50. The number of carbonyl (C=O) groups excluding carboxylic acids is 1. The van der Waals surface area contributed by atoms with Crippen LogP contribution in [0.2, 0.25) is 5.02 Å². The number of hydrogen-bond acceptors (Lipinski definition) is 3. The average molecular weight is 349 g/mol. The van der Waals surface area contributed by atoms with Gasteiger partial charge in [0.05, 0.1) is 5.02 Å². The van der Waals surface area contributed by atoms with E-state index in [1.807, 2.05) is 19.9 Å². The number of aryl methyl sites for hydroxylation is 1. The number of allylic oxidation sites excluding steroid dienone is 4. The van der Waals surface area contributed by atoms with Gasteiger partial charge >= 0.3 is 0 Å². The van der Waals surface area contributed by atoms with Crippen molar-refractivity contribution in [3.8, 4) is 11.5 Å². The van der Waals surface area contributed by atoms with E-state index in [4.69, 9.17) is 11.6 Å². The highest BCUT2D eigenvalue weighted by molar-refractivity contribution is 6.33. The topological polar surface area (TPSA) is 57.5 Å². The maximum atomic E-state index is 12.9. The Bertz CT molecular complexity index is 714. The normalized spacial score (nSPS) is 14.2. The molecule has 0 amide bonds. The van der Waals surface area contributed by atoms with Gasteiger partial charge in [0.25, 0.3) is 0 Å². The summed E-state index contributed by atoms with van der Waals surface area (Å²) in [5.74, 6) is -0.808. The van der Waals surface area contributed by atoms with Crippen LogP contribution in [0.4, 0.5) is 0 Å². The summed E-state index contributed by atoms with van der Waals surface area (Å²) in [6.07, 6.45) is 7.38. The number of ketones is 1. The summed E-state index contributed by atoms with van der Waals surface area (Å²) < 4.78 is 0. The van der Waals surface area contributed by atoms with Crippen molar-refractivity contribution in [1.29, 1.82) is 0 Å². The summed E-state index contributed by atoms with van der Waals surface area (Å²) >= 11 is 6.10. The van der Waals surface area contributed by atoms with Crippen molar-refractivity contribution < 1.29 is 15.0 Å². The third-order valence-corrected chi connectivity index (χ3v) is 4.79. The zero-order chi connectivity index (χ0) is 17.9. The van der Waals surface area contributed by atoms with Crippen molar-refractivity contribution in [2.75, 3.05) is 0 Å². The van der Waals surface area contributed by atoms with Gasteiger partial charge in [0.15, 0.2) is 5.78 Å². The molecule has 0 atom stereocenters. The molecule has 0 unspecified atom stereocenters. The fourth-order valence-electron chi connectivity index (χ4n) is 3.17. The standard InChI is InChI=1S/C20H25ClO3/c1-4-5-6-7-8-14-11-16(21)20(24)17(18(14)22)19(23)15-10-12(2)9-13(15)3/h9,11,22,24H,4-8,10H2,1-3H3. The number of unbranched alkanes of at least 4 members (excludes halogenated alkanes) is 3. The second-order valence-electron chi connectivity index (χ2n) is 6.56. The van der Waals surface area contributed by atoms with Gasteiger partial charge in [-0.05, 0) is 50.3 Å². The van der Waals surface area contributed by atoms with E-state index in [1.165, 1.54) is 0 Å². The Balaban J connectivity index is 2.34. The van der Waals surface area contributed by atoms with E-state index in [9.17, 15) is 15.0 Å². The van der Waals surface area contributed by atoms with Crippen LogP contribution in [0, 0.1) is 0 Å². The van der Waals surface area contributed by atoms with Crippen LogP contribution in [0.15, 0.2) is 28.9 Å². The highest BCUT2D eigenvalue weighted by Gasteiger charge is 2.27. The molecule has 0 saturated heterocycles. The molecule has 3 nitrogen and oxygen atoms in total. The first-order valence-electron chi connectivity index (χ1n) is 8.51. The molecule has 0 saturated carbocycles. The smallest absolute Gasteiger partial charge is 0.197 e. The van der Waals surface area contributed by atoms with E-state index in [0.29, 0.717) is 24.0 Å². The van der Waals surface area contributed by atoms with Crippen molar-refractivity contribution in [3.63, 3.8) is 0 Å². The number of benzene rings is 1. The van der Waals surface area contributed by atoms with Crippen molar-refractivity contribution in [2.45, 2.75) is 59.3 Å². The lowest BCUT2D eigenvalue weighted by Crippen LogP contribution is -2.06. The summed E-state index contributed by atoms with van der Waals surface area (Å²) in [4.78, 5) is 12.9. The monoisotopic (exact) mass is 348 g/mol. The summed E-state index contributed by atoms with van der Waals surface area (Å²) in [7, 11) is 0. The van der Waals surface area contributed by atoms with Gasteiger partial charge in [-0.3, -0.25) is 4.79 Å². The fraction of sp³-hybridized carbons (Fsp3) is 0.450. The zero-order valence-electron chi connectivity index (χ0n) is 14.6. The van der Waals surface area contributed by atoms with Gasteiger partial charge in [-0.2, -0.15) is 0 Å². The van der Waals surface area contributed by atoms with Crippen LogP contribution in [0.3, 0.4) is 0 Å². The molecule has 0 radical (unpaired) electrons. The van der Waals surface area contributed by atoms with Crippen molar-refractivity contribution in [1.82, 2.24) is 0 Å². The molecule has 4 heteroatoms. The molecular weight excluding hydrogens is 324 g/mol. The third kappa shape index (κ3) is 3.84. The average Bonchev–Trinajstić information content (AvgIpc) is 2.87. The van der Waals surface area contributed by atoms with Gasteiger partial charge in [0, 0.05) is 5.57 Å². The number of Topliss-reactive ketones (excluding diaryl/α,β-unsaturated/α-hetero) is 1. The summed E-state index contributed by atoms with van der Waals surface area (Å²) in [5, 5.41) is 20.9. The maximum Gasteiger partial charge on any atom is 0.197 e. The predicted octanol–water partition coefficient (Wildman–Crippen LogP) is 5.72. The lowest BCUT2D eigenvalue weighted by molar-refractivity contribution is 0.102. The van der Waals surface area contributed by atoms with Gasteiger partial charge < -0.3 is 10.2 Å². The molecule has 1 aliphatic rings. The predicted molar refractivity (Wildman–Crippen MR) is 98.0 cm³/mol. The SMILES string of the molecule is CCCCCCc1cc(Cl)c(O)c(C(=O)C2=C(C)C=C(C)C2)c1O. The van der Waals surface area contributed by atoms with Gasteiger partial charge in [-0.15, -0.1) is 0 Å². The van der Waals surface area contributed by atoms with E-state index in [2.05, 4.69) is 6.92 Å². The molecule has 2 N–H and O–H groups in total. The van der Waals surface area contributed by atoms with E-state index in [0.717, 1.165) is 36.8 Å². The molecule has 0 aliphatic heterocycles. The van der Waals surface area contributed by atoms with E-state index < -0.39 is 0 Å². The lowest BCUT2D eigenvalue weighted by atomic mass is 9.94. The van der Waals surface area contributed by atoms with E-state index in [-0.39, 0.29) is 27.9 Å². The Hall–Kier alpha value is -1.74. The van der Waals surface area contributed by atoms with Crippen LogP contribution in [-0.4, -0.2) is 16.0 Å². The van der Waals surface area contributed by atoms with Crippen LogP contribution < -0.4 is 0 Å². The second kappa shape index (κ2) is 7.89. The maximum absolute atomic E-state index is 12.9. The van der Waals surface area contributed by atoms with Crippen molar-refractivity contribution in [3.05, 3.63) is 45.0 Å². The molecule has 130 valence electrons. The molecular formula is C20H25ClO3. The molecule has 0 spiro atoms. The first-order chi connectivity index (χ1) is 11.4. The van der Waals surface area contributed by atoms with Crippen LogP contribution in [0.1, 0.15) is 68.8 Å². The Labute approximate surface area is 148 Å². The second-order valence-corrected chi connectivity index (χ2v) is 6.97. The molecule has 0 fully saturated rings. The first-order valence-corrected chi connectivity index (χ1v) is 8.89. The van der Waals surface area contributed by atoms with Crippen LogP contribution in [0.25, 0.3) is 0 Å². The van der Waals surface area contributed by atoms with Crippen molar-refractivity contribution >= 4 is 17.4 Å².